The van der Waals surface area contributed by atoms with E-state index >= 15 is 0 Å². The minimum atomic E-state index is -0.0743. The Morgan fingerprint density at radius 2 is 1.81 bits per heavy atom. The van der Waals surface area contributed by atoms with Gasteiger partial charge in [-0.1, -0.05) is 24.3 Å². The molecule has 31 heavy (non-hydrogen) atoms. The second-order valence-electron chi connectivity index (χ2n) is 6.97. The van der Waals surface area contributed by atoms with Gasteiger partial charge in [0.1, 0.15) is 12.4 Å². The van der Waals surface area contributed by atoms with Crippen LogP contribution in [0.25, 0.3) is 6.08 Å². The van der Waals surface area contributed by atoms with Crippen LogP contribution in [0.3, 0.4) is 0 Å². The van der Waals surface area contributed by atoms with Crippen molar-refractivity contribution in [2.45, 2.75) is 27.4 Å². The monoisotopic (exact) mass is 420 g/mol. The van der Waals surface area contributed by atoms with E-state index in [1.54, 1.807) is 23.0 Å². The van der Waals surface area contributed by atoms with Crippen LogP contribution < -0.4 is 14.2 Å². The summed E-state index contributed by atoms with van der Waals surface area (Å²) in [6.45, 7) is 7.31. The third-order valence-electron chi connectivity index (χ3n) is 4.80. The maximum atomic E-state index is 12.4. The third kappa shape index (κ3) is 5.75. The lowest BCUT2D eigenvalue weighted by Gasteiger charge is -2.13. The van der Waals surface area contributed by atoms with Crippen molar-refractivity contribution in [3.05, 3.63) is 77.1 Å². The molecule has 0 spiro atoms. The first kappa shape index (κ1) is 22.2. The van der Waals surface area contributed by atoms with Crippen molar-refractivity contribution in [3.63, 3.8) is 0 Å². The van der Waals surface area contributed by atoms with Gasteiger partial charge in [0, 0.05) is 12.7 Å². The second kappa shape index (κ2) is 10.5. The van der Waals surface area contributed by atoms with Gasteiger partial charge >= 0.3 is 0 Å². The Bertz CT molecular complexity index is 1070. The molecule has 3 rings (SSSR count). The lowest BCUT2D eigenvalue weighted by atomic mass is 10.1. The summed E-state index contributed by atoms with van der Waals surface area (Å²) in [4.78, 5) is 12.4. The molecule has 0 aliphatic heterocycles. The Morgan fingerprint density at radius 3 is 2.52 bits per heavy atom. The van der Waals surface area contributed by atoms with Crippen molar-refractivity contribution in [3.8, 4) is 17.2 Å². The lowest BCUT2D eigenvalue weighted by molar-refractivity contribution is 0.104. The van der Waals surface area contributed by atoms with Gasteiger partial charge in [-0.05, 0) is 62.2 Å². The predicted octanol–water partition coefficient (Wildman–Crippen LogP) is 5.00. The summed E-state index contributed by atoms with van der Waals surface area (Å²) in [5.74, 6) is 2.09. The van der Waals surface area contributed by atoms with Crippen molar-refractivity contribution in [2.24, 2.45) is 7.05 Å². The molecule has 6 heteroatoms. The van der Waals surface area contributed by atoms with Crippen molar-refractivity contribution >= 4 is 11.9 Å². The van der Waals surface area contributed by atoms with E-state index in [9.17, 15) is 4.79 Å². The highest BCUT2D eigenvalue weighted by Gasteiger charge is 2.10. The number of aromatic nitrogens is 2. The van der Waals surface area contributed by atoms with E-state index in [0.29, 0.717) is 31.1 Å². The van der Waals surface area contributed by atoms with Gasteiger partial charge in [0.25, 0.3) is 0 Å². The summed E-state index contributed by atoms with van der Waals surface area (Å²) in [6.07, 6.45) is 4.94. The molecule has 0 bridgehead atoms. The molecule has 0 fully saturated rings. The van der Waals surface area contributed by atoms with Crippen LogP contribution in [0.4, 0.5) is 0 Å². The van der Waals surface area contributed by atoms with Gasteiger partial charge in [0.05, 0.1) is 25.0 Å². The summed E-state index contributed by atoms with van der Waals surface area (Å²) < 4.78 is 18.9. The van der Waals surface area contributed by atoms with E-state index in [1.165, 1.54) is 0 Å². The zero-order chi connectivity index (χ0) is 22.2. The van der Waals surface area contributed by atoms with Gasteiger partial charge in [-0.25, -0.2) is 0 Å². The number of hydrogen-bond donors (Lipinski definition) is 0. The second-order valence-corrected chi connectivity index (χ2v) is 6.97. The Hall–Kier alpha value is -3.54. The number of ketones is 1. The predicted molar refractivity (Wildman–Crippen MR) is 121 cm³/mol. The van der Waals surface area contributed by atoms with Crippen LogP contribution in [0.15, 0.2) is 54.7 Å². The average molecular weight is 421 g/mol. The number of hydrogen-bond acceptors (Lipinski definition) is 5. The smallest absolute Gasteiger partial charge is 0.189 e. The number of nitrogens with zero attached hydrogens (tertiary/aromatic N) is 2. The Labute approximate surface area is 183 Å². The zero-order valence-electron chi connectivity index (χ0n) is 18.4. The number of carbonyl (C=O) groups excluding carboxylic acids is 1. The van der Waals surface area contributed by atoms with E-state index in [-0.39, 0.29) is 5.78 Å². The van der Waals surface area contributed by atoms with E-state index in [1.807, 2.05) is 70.3 Å². The van der Waals surface area contributed by atoms with E-state index in [0.717, 1.165) is 28.3 Å². The number of benzene rings is 2. The molecular formula is C25H28N2O4. The largest absolute Gasteiger partial charge is 0.490 e. The normalized spacial score (nSPS) is 11.0. The first-order valence-corrected chi connectivity index (χ1v) is 10.3. The van der Waals surface area contributed by atoms with Gasteiger partial charge in [0.2, 0.25) is 0 Å². The fourth-order valence-electron chi connectivity index (χ4n) is 3.06. The van der Waals surface area contributed by atoms with Crippen LogP contribution in [0.1, 0.15) is 41.0 Å². The van der Waals surface area contributed by atoms with E-state index in [2.05, 4.69) is 5.10 Å². The first-order chi connectivity index (χ1) is 15.0. The van der Waals surface area contributed by atoms with Crippen molar-refractivity contribution in [1.29, 1.82) is 0 Å². The molecular weight excluding hydrogens is 392 g/mol. The Kier molecular flexibility index (Phi) is 7.49. The van der Waals surface area contributed by atoms with Gasteiger partial charge in [-0.2, -0.15) is 5.10 Å². The maximum absolute atomic E-state index is 12.4. The average Bonchev–Trinajstić information content (AvgIpc) is 3.11. The number of rotatable bonds is 10. The van der Waals surface area contributed by atoms with Crippen molar-refractivity contribution < 1.29 is 19.0 Å². The molecule has 162 valence electrons. The molecule has 0 N–H and O–H groups in total. The van der Waals surface area contributed by atoms with Gasteiger partial charge < -0.3 is 14.2 Å². The molecule has 0 aliphatic carbocycles. The van der Waals surface area contributed by atoms with Crippen LogP contribution in [0.2, 0.25) is 0 Å². The Morgan fingerprint density at radius 1 is 1.03 bits per heavy atom. The van der Waals surface area contributed by atoms with Gasteiger partial charge in [-0.3, -0.25) is 9.48 Å². The molecule has 6 nitrogen and oxygen atoms in total. The minimum absolute atomic E-state index is 0.0743. The lowest BCUT2D eigenvalue weighted by Crippen LogP contribution is -2.01. The molecule has 1 aromatic heterocycles. The molecule has 3 aromatic rings. The van der Waals surface area contributed by atoms with Gasteiger partial charge in [-0.15, -0.1) is 0 Å². The molecule has 0 radical (unpaired) electrons. The molecule has 0 unspecified atom stereocenters. The SMILES string of the molecule is CCOc1ccc(COc2cccc(/C=C/C(=O)c3cnn(C)c3C)c2)cc1OCC. The topological polar surface area (TPSA) is 62.6 Å². The number of ether oxygens (including phenoxy) is 3. The number of carbonyl (C=O) groups is 1. The molecule has 0 aliphatic rings. The van der Waals surface area contributed by atoms with Crippen LogP contribution >= 0.6 is 0 Å². The highest BCUT2D eigenvalue weighted by molar-refractivity contribution is 6.07. The standard InChI is InChI=1S/C25H28N2O4/c1-5-29-24-13-11-20(15-25(24)30-6-2)17-31-21-9-7-8-19(14-21)10-12-23(28)22-16-26-27(4)18(22)3/h7-16H,5-6,17H2,1-4H3/b12-10+. The number of allylic oxidation sites excluding steroid dienone is 1. The summed E-state index contributed by atoms with van der Waals surface area (Å²) >= 11 is 0. The van der Waals surface area contributed by atoms with E-state index in [4.69, 9.17) is 14.2 Å². The van der Waals surface area contributed by atoms with Crippen LogP contribution in [0.5, 0.6) is 17.2 Å². The molecule has 1 heterocycles. The summed E-state index contributed by atoms with van der Waals surface area (Å²) in [5, 5.41) is 4.12. The molecule has 0 atom stereocenters. The van der Waals surface area contributed by atoms with Crippen molar-refractivity contribution in [2.75, 3.05) is 13.2 Å². The summed E-state index contributed by atoms with van der Waals surface area (Å²) in [7, 11) is 1.82. The highest BCUT2D eigenvalue weighted by atomic mass is 16.5. The van der Waals surface area contributed by atoms with E-state index < -0.39 is 0 Å². The summed E-state index contributed by atoms with van der Waals surface area (Å²) in [5.41, 5.74) is 3.31. The molecule has 0 saturated heterocycles. The fraction of sp³-hybridized carbons (Fsp3) is 0.280. The van der Waals surface area contributed by atoms with Crippen LogP contribution in [-0.2, 0) is 13.7 Å². The van der Waals surface area contributed by atoms with Crippen LogP contribution in [-0.4, -0.2) is 28.8 Å². The summed E-state index contributed by atoms with van der Waals surface area (Å²) in [6, 6.07) is 13.4. The maximum Gasteiger partial charge on any atom is 0.189 e. The third-order valence-corrected chi connectivity index (χ3v) is 4.80. The Balaban J connectivity index is 1.66. The molecule has 2 aromatic carbocycles. The van der Waals surface area contributed by atoms with Gasteiger partial charge in [0.15, 0.2) is 17.3 Å². The molecule has 0 amide bonds. The molecule has 0 saturated carbocycles. The number of aryl methyl sites for hydroxylation is 1. The minimum Gasteiger partial charge on any atom is -0.490 e. The van der Waals surface area contributed by atoms with Crippen molar-refractivity contribution in [1.82, 2.24) is 9.78 Å². The van der Waals surface area contributed by atoms with Crippen LogP contribution in [0, 0.1) is 6.92 Å². The fourth-order valence-corrected chi connectivity index (χ4v) is 3.06. The zero-order valence-corrected chi connectivity index (χ0v) is 18.4. The highest BCUT2D eigenvalue weighted by Crippen LogP contribution is 2.29. The quantitative estimate of drug-likeness (QED) is 0.341. The first-order valence-electron chi connectivity index (χ1n) is 10.3.